The highest BCUT2D eigenvalue weighted by Gasteiger charge is 1.93. The second-order valence-electron chi connectivity index (χ2n) is 3.23. The fraction of sp³-hybridized carbons (Fsp3) is 0.0667. The van der Waals surface area contributed by atoms with Gasteiger partial charge in [0, 0.05) is 0 Å². The molecule has 0 spiro atoms. The van der Waals surface area contributed by atoms with E-state index < -0.39 is 0 Å². The number of hydrogen-bond donors (Lipinski definition) is 0. The first-order valence-electron chi connectivity index (χ1n) is 5.01. The van der Waals surface area contributed by atoms with E-state index in [1.807, 2.05) is 24.3 Å². The number of benzene rings is 1. The average molecular weight is 196 g/mol. The van der Waals surface area contributed by atoms with Crippen LogP contribution in [0.25, 0.3) is 0 Å². The summed E-state index contributed by atoms with van der Waals surface area (Å²) in [6, 6.07) is 10.4. The Morgan fingerprint density at radius 1 is 1.07 bits per heavy atom. The molecule has 1 aromatic carbocycles. The number of rotatable bonds is 5. The first-order chi connectivity index (χ1) is 7.36. The Morgan fingerprint density at radius 2 is 1.80 bits per heavy atom. The van der Waals surface area contributed by atoms with Crippen molar-refractivity contribution < 1.29 is 0 Å². The van der Waals surface area contributed by atoms with Crippen LogP contribution in [0.4, 0.5) is 0 Å². The topological polar surface area (TPSA) is 0 Å². The standard InChI is InChI=1S/C15H16/c1-3-5-10-14(9-4-2)13-15-11-7-6-8-12-15/h3-12H,1-2,13H2/b10-5-,14-9+. The van der Waals surface area contributed by atoms with Crippen molar-refractivity contribution >= 4 is 0 Å². The third-order valence-electron chi connectivity index (χ3n) is 2.03. The maximum Gasteiger partial charge on any atom is -0.00258 e. The van der Waals surface area contributed by atoms with Crippen LogP contribution in [0, 0.1) is 0 Å². The molecule has 0 heteroatoms. The Kier molecular flexibility index (Phi) is 4.96. The number of hydrogen-bond acceptors (Lipinski definition) is 0. The lowest BCUT2D eigenvalue weighted by molar-refractivity contribution is 1.20. The van der Waals surface area contributed by atoms with Crippen molar-refractivity contribution in [3.63, 3.8) is 0 Å². The van der Waals surface area contributed by atoms with Gasteiger partial charge in [-0.25, -0.2) is 0 Å². The Hall–Kier alpha value is -1.82. The van der Waals surface area contributed by atoms with E-state index in [-0.39, 0.29) is 0 Å². The van der Waals surface area contributed by atoms with Gasteiger partial charge in [-0.3, -0.25) is 0 Å². The fourth-order valence-electron chi connectivity index (χ4n) is 1.35. The summed E-state index contributed by atoms with van der Waals surface area (Å²) in [5.41, 5.74) is 2.54. The molecule has 0 radical (unpaired) electrons. The van der Waals surface area contributed by atoms with E-state index >= 15 is 0 Å². The predicted octanol–water partition coefficient (Wildman–Crippen LogP) is 4.08. The molecule has 1 rings (SSSR count). The van der Waals surface area contributed by atoms with Gasteiger partial charge in [0.2, 0.25) is 0 Å². The molecule has 76 valence electrons. The molecule has 0 unspecified atom stereocenters. The second kappa shape index (κ2) is 6.61. The summed E-state index contributed by atoms with van der Waals surface area (Å²) in [5.74, 6) is 0. The van der Waals surface area contributed by atoms with Crippen LogP contribution in [0.15, 0.2) is 79.4 Å². The highest BCUT2D eigenvalue weighted by Crippen LogP contribution is 2.09. The molecule has 0 aliphatic heterocycles. The van der Waals surface area contributed by atoms with Gasteiger partial charge in [-0.15, -0.1) is 0 Å². The van der Waals surface area contributed by atoms with Crippen LogP contribution in [0.1, 0.15) is 5.56 Å². The van der Waals surface area contributed by atoms with Crippen LogP contribution in [-0.4, -0.2) is 0 Å². The van der Waals surface area contributed by atoms with Crippen molar-refractivity contribution in [2.45, 2.75) is 6.42 Å². The minimum Gasteiger partial charge on any atom is -0.0991 e. The molecular formula is C15H16. The van der Waals surface area contributed by atoms with Crippen LogP contribution >= 0.6 is 0 Å². The molecule has 0 heterocycles. The summed E-state index contributed by atoms with van der Waals surface area (Å²) in [4.78, 5) is 0. The molecule has 0 fully saturated rings. The minimum absolute atomic E-state index is 0.928. The van der Waals surface area contributed by atoms with Crippen molar-refractivity contribution in [3.05, 3.63) is 85.0 Å². The smallest absolute Gasteiger partial charge is 0.00258 e. The van der Waals surface area contributed by atoms with E-state index in [0.717, 1.165) is 6.42 Å². The zero-order chi connectivity index (χ0) is 10.9. The van der Waals surface area contributed by atoms with Gasteiger partial charge in [-0.2, -0.15) is 0 Å². The van der Waals surface area contributed by atoms with E-state index in [1.165, 1.54) is 11.1 Å². The molecule has 0 aliphatic rings. The minimum atomic E-state index is 0.928. The summed E-state index contributed by atoms with van der Waals surface area (Å²) in [6.45, 7) is 7.37. The largest absolute Gasteiger partial charge is 0.0991 e. The molecule has 0 nitrogen and oxygen atoms in total. The van der Waals surface area contributed by atoms with Gasteiger partial charge in [-0.05, 0) is 17.6 Å². The van der Waals surface area contributed by atoms with E-state index in [0.29, 0.717) is 0 Å². The SMILES string of the molecule is C=C/C=C\C(=C/C=C)Cc1ccccc1. The van der Waals surface area contributed by atoms with E-state index in [2.05, 4.69) is 43.5 Å². The molecule has 1 aromatic rings. The normalized spacial score (nSPS) is 11.6. The first-order valence-corrected chi connectivity index (χ1v) is 5.01. The first kappa shape index (κ1) is 11.3. The maximum atomic E-state index is 3.71. The Balaban J connectivity index is 2.76. The van der Waals surface area contributed by atoms with Gasteiger partial charge in [0.1, 0.15) is 0 Å². The lowest BCUT2D eigenvalue weighted by Gasteiger charge is -2.01. The Bertz CT molecular complexity index is 366. The van der Waals surface area contributed by atoms with Gasteiger partial charge in [0.05, 0.1) is 0 Å². The van der Waals surface area contributed by atoms with Crippen molar-refractivity contribution in [1.82, 2.24) is 0 Å². The molecular weight excluding hydrogens is 180 g/mol. The lowest BCUT2D eigenvalue weighted by atomic mass is 10.0. The maximum absolute atomic E-state index is 3.71. The van der Waals surface area contributed by atoms with Gasteiger partial charge >= 0.3 is 0 Å². The van der Waals surface area contributed by atoms with E-state index in [9.17, 15) is 0 Å². The van der Waals surface area contributed by atoms with E-state index in [4.69, 9.17) is 0 Å². The second-order valence-corrected chi connectivity index (χ2v) is 3.23. The molecule has 0 saturated heterocycles. The fourth-order valence-corrected chi connectivity index (χ4v) is 1.35. The zero-order valence-electron chi connectivity index (χ0n) is 8.89. The average Bonchev–Trinajstić information content (AvgIpc) is 2.28. The van der Waals surface area contributed by atoms with Crippen LogP contribution in [0.5, 0.6) is 0 Å². The van der Waals surface area contributed by atoms with Gasteiger partial charge in [-0.1, -0.05) is 73.9 Å². The van der Waals surface area contributed by atoms with Crippen molar-refractivity contribution in [1.29, 1.82) is 0 Å². The van der Waals surface area contributed by atoms with Crippen molar-refractivity contribution in [2.24, 2.45) is 0 Å². The highest BCUT2D eigenvalue weighted by atomic mass is 14.0. The van der Waals surface area contributed by atoms with Crippen LogP contribution in [0.3, 0.4) is 0 Å². The van der Waals surface area contributed by atoms with Gasteiger partial charge < -0.3 is 0 Å². The van der Waals surface area contributed by atoms with Crippen molar-refractivity contribution in [3.8, 4) is 0 Å². The summed E-state index contributed by atoms with van der Waals surface area (Å²) in [6.07, 6.45) is 10.5. The molecule has 0 N–H and O–H groups in total. The molecule has 0 atom stereocenters. The van der Waals surface area contributed by atoms with Crippen molar-refractivity contribution in [2.75, 3.05) is 0 Å². The predicted molar refractivity (Wildman–Crippen MR) is 67.8 cm³/mol. The summed E-state index contributed by atoms with van der Waals surface area (Å²) < 4.78 is 0. The van der Waals surface area contributed by atoms with Gasteiger partial charge in [0.15, 0.2) is 0 Å². The Labute approximate surface area is 92.0 Å². The molecule has 15 heavy (non-hydrogen) atoms. The van der Waals surface area contributed by atoms with Crippen LogP contribution in [0.2, 0.25) is 0 Å². The third-order valence-corrected chi connectivity index (χ3v) is 2.03. The van der Waals surface area contributed by atoms with Gasteiger partial charge in [0.25, 0.3) is 0 Å². The monoisotopic (exact) mass is 196 g/mol. The molecule has 0 saturated carbocycles. The summed E-state index contributed by atoms with van der Waals surface area (Å²) >= 11 is 0. The quantitative estimate of drug-likeness (QED) is 0.622. The van der Waals surface area contributed by atoms with E-state index in [1.54, 1.807) is 6.08 Å². The summed E-state index contributed by atoms with van der Waals surface area (Å²) in [5, 5.41) is 0. The lowest BCUT2D eigenvalue weighted by Crippen LogP contribution is -1.86. The van der Waals surface area contributed by atoms with Crippen LogP contribution < -0.4 is 0 Å². The summed E-state index contributed by atoms with van der Waals surface area (Å²) in [7, 11) is 0. The Morgan fingerprint density at radius 3 is 2.40 bits per heavy atom. The molecule has 0 amide bonds. The molecule has 0 bridgehead atoms. The number of allylic oxidation sites excluding steroid dienone is 6. The molecule has 0 aromatic heterocycles. The van der Waals surface area contributed by atoms with Crippen LogP contribution in [-0.2, 0) is 6.42 Å². The highest BCUT2D eigenvalue weighted by molar-refractivity contribution is 5.31. The third kappa shape index (κ3) is 4.28. The zero-order valence-corrected chi connectivity index (χ0v) is 8.89. The molecule has 0 aliphatic carbocycles.